The number of nitrogens with zero attached hydrogens (tertiary/aromatic N) is 2. The fourth-order valence-corrected chi connectivity index (χ4v) is 3.65. The molecule has 1 aliphatic heterocycles. The molecule has 0 saturated carbocycles. The predicted octanol–water partition coefficient (Wildman–Crippen LogP) is 3.04. The zero-order chi connectivity index (χ0) is 15.4. The molecule has 2 aromatic rings. The van der Waals surface area contributed by atoms with E-state index in [1.807, 2.05) is 30.3 Å². The fourth-order valence-electron chi connectivity index (χ4n) is 2.67. The Hall–Kier alpha value is -1.43. The highest BCUT2D eigenvalue weighted by Gasteiger charge is 2.21. The zero-order valence-electron chi connectivity index (χ0n) is 13.1. The minimum Gasteiger partial charge on any atom is -0.487 e. The molecule has 118 valence electrons. The van der Waals surface area contributed by atoms with Crippen LogP contribution in [-0.4, -0.2) is 42.3 Å². The summed E-state index contributed by atoms with van der Waals surface area (Å²) in [6.07, 6.45) is 0.0687. The monoisotopic (exact) mass is 318 g/mol. The van der Waals surface area contributed by atoms with Crippen LogP contribution >= 0.6 is 11.3 Å². The Morgan fingerprint density at radius 2 is 2.14 bits per heavy atom. The summed E-state index contributed by atoms with van der Waals surface area (Å²) >= 11 is 1.79. The van der Waals surface area contributed by atoms with E-state index in [1.54, 1.807) is 11.3 Å². The third-order valence-corrected chi connectivity index (χ3v) is 4.79. The molecule has 0 radical (unpaired) electrons. The Morgan fingerprint density at radius 3 is 2.86 bits per heavy atom. The molecule has 3 rings (SSSR count). The molecule has 0 N–H and O–H groups in total. The van der Waals surface area contributed by atoms with Gasteiger partial charge in [0.25, 0.3) is 0 Å². The van der Waals surface area contributed by atoms with Crippen molar-refractivity contribution in [2.45, 2.75) is 26.5 Å². The van der Waals surface area contributed by atoms with Gasteiger partial charge in [0.05, 0.1) is 23.9 Å². The van der Waals surface area contributed by atoms with Gasteiger partial charge in [-0.1, -0.05) is 18.2 Å². The molecule has 0 aliphatic carbocycles. The smallest absolute Gasteiger partial charge is 0.135 e. The first kappa shape index (κ1) is 15.5. The molecule has 1 aromatic heterocycles. The molecule has 1 atom stereocenters. The molecular weight excluding hydrogens is 296 g/mol. The van der Waals surface area contributed by atoms with Crippen molar-refractivity contribution in [3.63, 3.8) is 0 Å². The van der Waals surface area contributed by atoms with E-state index in [0.29, 0.717) is 6.61 Å². The maximum atomic E-state index is 6.06. The van der Waals surface area contributed by atoms with Crippen molar-refractivity contribution >= 4 is 11.3 Å². The molecule has 0 bridgehead atoms. The number of ether oxygens (including phenoxy) is 2. The summed E-state index contributed by atoms with van der Waals surface area (Å²) in [6.45, 7) is 8.29. The van der Waals surface area contributed by atoms with Gasteiger partial charge in [0.15, 0.2) is 0 Å². The van der Waals surface area contributed by atoms with Crippen molar-refractivity contribution < 1.29 is 9.47 Å². The third-order valence-electron chi connectivity index (χ3n) is 3.73. The summed E-state index contributed by atoms with van der Waals surface area (Å²) in [5, 5.41) is 1.13. The Balaban J connectivity index is 1.63. The SMILES string of the molecule is Cc1nc(C)c(CN2CCOC[C@H](Oc3ccccc3)C2)s1. The number of aryl methyl sites for hydroxylation is 2. The maximum absolute atomic E-state index is 6.06. The quantitative estimate of drug-likeness (QED) is 0.868. The average Bonchev–Trinajstić information content (AvgIpc) is 2.70. The predicted molar refractivity (Wildman–Crippen MR) is 88.5 cm³/mol. The van der Waals surface area contributed by atoms with Gasteiger partial charge in [-0.2, -0.15) is 0 Å². The van der Waals surface area contributed by atoms with Gasteiger partial charge in [-0.3, -0.25) is 4.90 Å². The van der Waals surface area contributed by atoms with Crippen LogP contribution in [0, 0.1) is 13.8 Å². The number of para-hydroxylation sites is 1. The van der Waals surface area contributed by atoms with Gasteiger partial charge >= 0.3 is 0 Å². The minimum atomic E-state index is 0.0687. The highest BCUT2D eigenvalue weighted by Crippen LogP contribution is 2.20. The van der Waals surface area contributed by atoms with Crippen LogP contribution in [0.5, 0.6) is 5.75 Å². The Bertz CT molecular complexity index is 600. The normalized spacial score (nSPS) is 19.8. The summed E-state index contributed by atoms with van der Waals surface area (Å²) in [5.74, 6) is 0.905. The number of hydrogen-bond acceptors (Lipinski definition) is 5. The van der Waals surface area contributed by atoms with Gasteiger partial charge in [0.2, 0.25) is 0 Å². The lowest BCUT2D eigenvalue weighted by molar-refractivity contribution is 0.0711. The van der Waals surface area contributed by atoms with Crippen molar-refractivity contribution in [1.29, 1.82) is 0 Å². The molecule has 0 amide bonds. The van der Waals surface area contributed by atoms with Crippen LogP contribution in [0.15, 0.2) is 30.3 Å². The van der Waals surface area contributed by atoms with Crippen LogP contribution in [-0.2, 0) is 11.3 Å². The number of hydrogen-bond donors (Lipinski definition) is 0. The number of benzene rings is 1. The van der Waals surface area contributed by atoms with Crippen LogP contribution in [0.4, 0.5) is 0 Å². The molecule has 22 heavy (non-hydrogen) atoms. The Morgan fingerprint density at radius 1 is 1.32 bits per heavy atom. The van der Waals surface area contributed by atoms with Crippen LogP contribution in [0.2, 0.25) is 0 Å². The van der Waals surface area contributed by atoms with E-state index < -0.39 is 0 Å². The van der Waals surface area contributed by atoms with Crippen molar-refractivity contribution in [2.75, 3.05) is 26.3 Å². The van der Waals surface area contributed by atoms with E-state index in [1.165, 1.54) is 4.88 Å². The first-order valence-electron chi connectivity index (χ1n) is 7.65. The molecule has 0 unspecified atom stereocenters. The topological polar surface area (TPSA) is 34.6 Å². The summed E-state index contributed by atoms with van der Waals surface area (Å²) in [5.41, 5.74) is 1.15. The highest BCUT2D eigenvalue weighted by molar-refractivity contribution is 7.11. The van der Waals surface area contributed by atoms with E-state index in [4.69, 9.17) is 9.47 Å². The number of rotatable bonds is 4. The molecule has 0 spiro atoms. The third kappa shape index (κ3) is 4.06. The van der Waals surface area contributed by atoms with E-state index in [2.05, 4.69) is 23.7 Å². The molecule has 1 aromatic carbocycles. The summed E-state index contributed by atoms with van der Waals surface area (Å²) in [7, 11) is 0. The van der Waals surface area contributed by atoms with E-state index >= 15 is 0 Å². The van der Waals surface area contributed by atoms with E-state index in [-0.39, 0.29) is 6.10 Å². The van der Waals surface area contributed by atoms with Gasteiger partial charge in [-0.25, -0.2) is 4.98 Å². The summed E-state index contributed by atoms with van der Waals surface area (Å²) < 4.78 is 11.8. The summed E-state index contributed by atoms with van der Waals surface area (Å²) in [6, 6.07) is 9.97. The van der Waals surface area contributed by atoms with E-state index in [0.717, 1.165) is 42.7 Å². The lowest BCUT2D eigenvalue weighted by Gasteiger charge is -2.23. The van der Waals surface area contributed by atoms with Crippen molar-refractivity contribution in [2.24, 2.45) is 0 Å². The van der Waals surface area contributed by atoms with Crippen molar-refractivity contribution in [3.8, 4) is 5.75 Å². The Labute approximate surface area is 135 Å². The van der Waals surface area contributed by atoms with Crippen LogP contribution < -0.4 is 4.74 Å². The van der Waals surface area contributed by atoms with Crippen LogP contribution in [0.25, 0.3) is 0 Å². The van der Waals surface area contributed by atoms with Crippen molar-refractivity contribution in [3.05, 3.63) is 45.9 Å². The Kier molecular flexibility index (Phi) is 5.08. The van der Waals surface area contributed by atoms with Gasteiger partial charge in [0.1, 0.15) is 11.9 Å². The molecule has 5 heteroatoms. The van der Waals surface area contributed by atoms with Crippen LogP contribution in [0.1, 0.15) is 15.6 Å². The van der Waals surface area contributed by atoms with Gasteiger partial charge in [0, 0.05) is 24.5 Å². The molecule has 1 saturated heterocycles. The standard InChI is InChI=1S/C17H22N2O2S/c1-13-17(22-14(2)18-13)11-19-8-9-20-12-16(10-19)21-15-6-4-3-5-7-15/h3-7,16H,8-12H2,1-2H3/t16-/m1/s1. The molecular formula is C17H22N2O2S. The van der Waals surface area contributed by atoms with Crippen LogP contribution in [0.3, 0.4) is 0 Å². The van der Waals surface area contributed by atoms with Crippen molar-refractivity contribution in [1.82, 2.24) is 9.88 Å². The molecule has 4 nitrogen and oxygen atoms in total. The van der Waals surface area contributed by atoms with Gasteiger partial charge in [-0.15, -0.1) is 11.3 Å². The summed E-state index contributed by atoms with van der Waals surface area (Å²) in [4.78, 5) is 8.26. The minimum absolute atomic E-state index is 0.0687. The number of thiazole rings is 1. The second kappa shape index (κ2) is 7.22. The first-order chi connectivity index (χ1) is 10.7. The van der Waals surface area contributed by atoms with E-state index in [9.17, 15) is 0 Å². The molecule has 1 fully saturated rings. The molecule has 2 heterocycles. The van der Waals surface area contributed by atoms with Gasteiger partial charge in [-0.05, 0) is 26.0 Å². The van der Waals surface area contributed by atoms with Gasteiger partial charge < -0.3 is 9.47 Å². The maximum Gasteiger partial charge on any atom is 0.135 e. The zero-order valence-corrected chi connectivity index (χ0v) is 13.9. The second-order valence-corrected chi connectivity index (χ2v) is 6.89. The number of aromatic nitrogens is 1. The lowest BCUT2D eigenvalue weighted by Crippen LogP contribution is -2.35. The largest absolute Gasteiger partial charge is 0.487 e. The lowest BCUT2D eigenvalue weighted by atomic mass is 10.3. The molecule has 1 aliphatic rings. The average molecular weight is 318 g/mol. The first-order valence-corrected chi connectivity index (χ1v) is 8.47. The second-order valence-electron chi connectivity index (χ2n) is 5.60. The highest BCUT2D eigenvalue weighted by atomic mass is 32.1. The fraction of sp³-hybridized carbons (Fsp3) is 0.471.